The molecule has 0 rings (SSSR count). The van der Waals surface area contributed by atoms with Crippen LogP contribution < -0.4 is 0 Å². The molecule has 0 aromatic rings. The first kappa shape index (κ1) is 13.2. The van der Waals surface area contributed by atoms with Gasteiger partial charge in [-0.25, -0.2) is 4.79 Å². The van der Waals surface area contributed by atoms with E-state index in [1.165, 1.54) is 0 Å². The van der Waals surface area contributed by atoms with Gasteiger partial charge in [-0.1, -0.05) is 12.8 Å². The van der Waals surface area contributed by atoms with Crippen molar-refractivity contribution in [2.45, 2.75) is 19.8 Å². The number of ether oxygens (including phenoxy) is 1. The first-order valence-electron chi connectivity index (χ1n) is 3.94. The molecule has 0 amide bonds. The van der Waals surface area contributed by atoms with Crippen LogP contribution in [0.25, 0.3) is 0 Å². The van der Waals surface area contributed by atoms with Gasteiger partial charge < -0.3 is 9.26 Å². The van der Waals surface area contributed by atoms with Gasteiger partial charge in [0.2, 0.25) is 0 Å². The molecule has 1 unspecified atom stereocenters. The molecule has 0 heterocycles. The summed E-state index contributed by atoms with van der Waals surface area (Å²) >= 11 is 2.14. The molecule has 74 valence electrons. The molecule has 1 atom stereocenters. The highest BCUT2D eigenvalue weighted by molar-refractivity contribution is 14.2. The van der Waals surface area contributed by atoms with Gasteiger partial charge in [0.1, 0.15) is 0 Å². The van der Waals surface area contributed by atoms with Crippen molar-refractivity contribution in [3.05, 3.63) is 0 Å². The van der Waals surface area contributed by atoms with E-state index in [4.69, 9.17) is 9.26 Å². The summed E-state index contributed by atoms with van der Waals surface area (Å²) in [5, 5.41) is 0. The first-order valence-corrected chi connectivity index (χ1v) is 7.96. The Labute approximate surface area is 93.3 Å². The van der Waals surface area contributed by atoms with E-state index in [0.717, 1.165) is 6.42 Å². The Bertz CT molecular complexity index is 197. The van der Waals surface area contributed by atoms with Crippen molar-refractivity contribution in [3.8, 4) is 11.8 Å². The van der Waals surface area contributed by atoms with Crippen LogP contribution in [0.5, 0.6) is 0 Å². The number of hydrogen-bond acceptors (Lipinski definition) is 3. The highest BCUT2D eigenvalue weighted by Crippen LogP contribution is 2.21. The Hall–Kier alpha value is 0.150. The summed E-state index contributed by atoms with van der Waals surface area (Å²) in [4.78, 5) is 10.8. The number of carbonyl (C=O) groups is 1. The van der Waals surface area contributed by atoms with Crippen LogP contribution in [0.2, 0.25) is 0 Å². The van der Waals surface area contributed by atoms with Crippen LogP contribution >= 0.6 is 28.5 Å². The van der Waals surface area contributed by atoms with Crippen molar-refractivity contribution < 1.29 is 14.1 Å². The Morgan fingerprint density at radius 2 is 2.31 bits per heavy atom. The number of esters is 1. The summed E-state index contributed by atoms with van der Waals surface area (Å²) in [6, 6.07) is 0. The first-order chi connectivity index (χ1) is 6.31. The van der Waals surface area contributed by atoms with E-state index in [0.29, 0.717) is 26.1 Å². The normalized spacial score (nSPS) is 9.69. The number of halogens is 1. The molecule has 13 heavy (non-hydrogen) atoms. The molecule has 0 bridgehead atoms. The maximum atomic E-state index is 10.8. The fraction of sp³-hybridized carbons (Fsp3) is 0.625. The van der Waals surface area contributed by atoms with E-state index in [9.17, 15) is 4.79 Å². The van der Waals surface area contributed by atoms with Crippen LogP contribution in [0.4, 0.5) is 0 Å². The maximum Gasteiger partial charge on any atom is 0.384 e. The van der Waals surface area contributed by atoms with Crippen LogP contribution in [-0.4, -0.2) is 19.2 Å². The van der Waals surface area contributed by atoms with Crippen LogP contribution in [0.3, 0.4) is 0 Å². The Balaban J connectivity index is 3.40. The molecule has 3 nitrogen and oxygen atoms in total. The van der Waals surface area contributed by atoms with Gasteiger partial charge in [-0.2, -0.15) is 0 Å². The third kappa shape index (κ3) is 10.1. The van der Waals surface area contributed by atoms with E-state index in [2.05, 4.69) is 33.9 Å². The van der Waals surface area contributed by atoms with Crippen molar-refractivity contribution in [1.29, 1.82) is 0 Å². The SMILES string of the molecule is CCCOC(=O)C#CCCOPI. The summed E-state index contributed by atoms with van der Waals surface area (Å²) < 4.78 is 9.80. The molecular formula is C8H12IO3P. The molecule has 0 aliphatic heterocycles. The van der Waals surface area contributed by atoms with Gasteiger partial charge in [0.25, 0.3) is 0 Å². The molecule has 0 saturated carbocycles. The Kier molecular flexibility index (Phi) is 10.4. The lowest BCUT2D eigenvalue weighted by Gasteiger charge is -1.94. The van der Waals surface area contributed by atoms with Crippen LogP contribution in [0, 0.1) is 11.8 Å². The largest absolute Gasteiger partial charge is 0.456 e. The lowest BCUT2D eigenvalue weighted by Crippen LogP contribution is -2.01. The van der Waals surface area contributed by atoms with Gasteiger partial charge in [-0.05, 0) is 28.5 Å². The fourth-order valence-electron chi connectivity index (χ4n) is 0.506. The number of rotatable bonds is 5. The van der Waals surface area contributed by atoms with Crippen LogP contribution in [0.1, 0.15) is 19.8 Å². The van der Waals surface area contributed by atoms with E-state index in [1.54, 1.807) is 0 Å². The van der Waals surface area contributed by atoms with Gasteiger partial charge in [-0.3, -0.25) is 0 Å². The second-order valence-corrected chi connectivity index (χ2v) is 3.88. The van der Waals surface area contributed by atoms with Crippen LogP contribution in [-0.2, 0) is 14.1 Å². The average molecular weight is 314 g/mol. The minimum absolute atomic E-state index is 0.444. The molecule has 0 aliphatic rings. The molecule has 0 spiro atoms. The summed E-state index contributed by atoms with van der Waals surface area (Å²) in [6.07, 6.45) is 1.41. The monoisotopic (exact) mass is 314 g/mol. The van der Waals surface area contributed by atoms with Gasteiger partial charge >= 0.3 is 5.97 Å². The van der Waals surface area contributed by atoms with Crippen molar-refractivity contribution in [2.24, 2.45) is 0 Å². The van der Waals surface area contributed by atoms with E-state index >= 15 is 0 Å². The molecule has 0 fully saturated rings. The molecule has 5 heteroatoms. The standard InChI is InChI=1S/C8H12IO3P/c1-2-6-11-8(10)5-3-4-7-12-13-9/h13H,2,4,6-7H2,1H3. The van der Waals surface area contributed by atoms with Crippen molar-refractivity contribution in [1.82, 2.24) is 0 Å². The molecule has 0 radical (unpaired) electrons. The smallest absolute Gasteiger partial charge is 0.384 e. The quantitative estimate of drug-likeness (QED) is 0.195. The molecule has 0 aliphatic carbocycles. The zero-order valence-corrected chi connectivity index (χ0v) is 10.6. The predicted molar refractivity (Wildman–Crippen MR) is 61.9 cm³/mol. The molecule has 0 aromatic heterocycles. The zero-order valence-electron chi connectivity index (χ0n) is 7.43. The topological polar surface area (TPSA) is 35.5 Å². The molecule has 0 aromatic carbocycles. The number of carbonyl (C=O) groups excluding carboxylic acids is 1. The van der Waals surface area contributed by atoms with Gasteiger partial charge in [0.15, 0.2) is 0 Å². The van der Waals surface area contributed by atoms with Crippen molar-refractivity contribution in [2.75, 3.05) is 13.2 Å². The van der Waals surface area contributed by atoms with E-state index in [1.807, 2.05) is 6.92 Å². The predicted octanol–water partition coefficient (Wildman–Crippen LogP) is 2.29. The average Bonchev–Trinajstić information content (AvgIpc) is 2.14. The Morgan fingerprint density at radius 1 is 1.54 bits per heavy atom. The number of hydrogen-bond donors (Lipinski definition) is 0. The Morgan fingerprint density at radius 3 is 2.92 bits per heavy atom. The lowest BCUT2D eigenvalue weighted by atomic mass is 10.4. The second-order valence-electron chi connectivity index (χ2n) is 2.11. The maximum absolute atomic E-state index is 10.8. The molecule has 0 N–H and O–H groups in total. The molecular weight excluding hydrogens is 302 g/mol. The minimum Gasteiger partial charge on any atom is -0.456 e. The third-order valence-electron chi connectivity index (χ3n) is 1.01. The van der Waals surface area contributed by atoms with Gasteiger partial charge in [0, 0.05) is 12.3 Å². The minimum atomic E-state index is -0.446. The van der Waals surface area contributed by atoms with Gasteiger partial charge in [-0.15, -0.1) is 0 Å². The van der Waals surface area contributed by atoms with E-state index < -0.39 is 5.97 Å². The highest BCUT2D eigenvalue weighted by atomic mass is 127. The highest BCUT2D eigenvalue weighted by Gasteiger charge is 1.92. The summed E-state index contributed by atoms with van der Waals surface area (Å²) in [5.41, 5.74) is 0. The fourth-order valence-corrected chi connectivity index (χ4v) is 1.35. The van der Waals surface area contributed by atoms with Crippen LogP contribution in [0.15, 0.2) is 0 Å². The van der Waals surface area contributed by atoms with Gasteiger partial charge in [0.05, 0.1) is 19.7 Å². The summed E-state index contributed by atoms with van der Waals surface area (Å²) in [6.45, 7) is 3.41. The lowest BCUT2D eigenvalue weighted by molar-refractivity contribution is -0.136. The van der Waals surface area contributed by atoms with Crippen molar-refractivity contribution >= 4 is 34.5 Å². The summed E-state index contributed by atoms with van der Waals surface area (Å²) in [5.74, 6) is 4.62. The molecule has 0 saturated heterocycles. The van der Waals surface area contributed by atoms with Crippen molar-refractivity contribution in [3.63, 3.8) is 0 Å². The zero-order chi connectivity index (χ0) is 9.94. The summed E-state index contributed by atoms with van der Waals surface area (Å²) in [7, 11) is 0. The van der Waals surface area contributed by atoms with E-state index in [-0.39, 0.29) is 0 Å². The second kappa shape index (κ2) is 10.2. The third-order valence-corrected chi connectivity index (χ3v) is 2.26.